The van der Waals surface area contributed by atoms with Crippen molar-refractivity contribution in [2.45, 2.75) is 71.3 Å². The van der Waals surface area contributed by atoms with Crippen LogP contribution in [0.5, 0.6) is 0 Å². The van der Waals surface area contributed by atoms with E-state index in [1.165, 1.54) is 43.2 Å². The SMILES string of the molecule is CCC1CCC(C(N)c2ccc(C(C)(C)C)cc2)CC1. The molecular formula is C19H31N. The van der Waals surface area contributed by atoms with E-state index in [2.05, 4.69) is 52.0 Å². The van der Waals surface area contributed by atoms with Crippen LogP contribution in [0.15, 0.2) is 24.3 Å². The van der Waals surface area contributed by atoms with Gasteiger partial charge in [-0.2, -0.15) is 0 Å². The Morgan fingerprint density at radius 1 is 1.05 bits per heavy atom. The van der Waals surface area contributed by atoms with Crippen LogP contribution in [0.2, 0.25) is 0 Å². The lowest BCUT2D eigenvalue weighted by molar-refractivity contribution is 0.240. The molecule has 20 heavy (non-hydrogen) atoms. The van der Waals surface area contributed by atoms with Crippen LogP contribution in [0.25, 0.3) is 0 Å². The second-order valence-corrected chi connectivity index (χ2v) is 7.59. The summed E-state index contributed by atoms with van der Waals surface area (Å²) >= 11 is 0. The number of nitrogens with two attached hydrogens (primary N) is 1. The highest BCUT2D eigenvalue weighted by atomic mass is 14.7. The van der Waals surface area contributed by atoms with Crippen molar-refractivity contribution < 1.29 is 0 Å². The molecule has 0 bridgehead atoms. The molecule has 1 nitrogen and oxygen atoms in total. The summed E-state index contributed by atoms with van der Waals surface area (Å²) in [5, 5.41) is 0. The smallest absolute Gasteiger partial charge is 0.0323 e. The summed E-state index contributed by atoms with van der Waals surface area (Å²) < 4.78 is 0. The quantitative estimate of drug-likeness (QED) is 0.804. The van der Waals surface area contributed by atoms with Crippen LogP contribution in [-0.4, -0.2) is 0 Å². The predicted octanol–water partition coefficient (Wildman–Crippen LogP) is 5.20. The van der Waals surface area contributed by atoms with E-state index in [0.717, 1.165) is 5.92 Å². The Bertz CT molecular complexity index is 404. The third kappa shape index (κ3) is 3.63. The minimum atomic E-state index is 0.224. The molecule has 0 radical (unpaired) electrons. The Morgan fingerprint density at radius 2 is 1.60 bits per heavy atom. The second kappa shape index (κ2) is 6.30. The van der Waals surface area contributed by atoms with Crippen molar-refractivity contribution in [3.8, 4) is 0 Å². The van der Waals surface area contributed by atoms with Gasteiger partial charge in [-0.3, -0.25) is 0 Å². The zero-order chi connectivity index (χ0) is 14.8. The minimum Gasteiger partial charge on any atom is -0.324 e. The van der Waals surface area contributed by atoms with E-state index < -0.39 is 0 Å². The van der Waals surface area contributed by atoms with Crippen molar-refractivity contribution in [3.63, 3.8) is 0 Å². The first-order chi connectivity index (χ1) is 9.41. The molecular weight excluding hydrogens is 242 g/mol. The third-order valence-corrected chi connectivity index (χ3v) is 5.14. The van der Waals surface area contributed by atoms with Crippen LogP contribution < -0.4 is 5.73 Å². The highest BCUT2D eigenvalue weighted by Crippen LogP contribution is 2.37. The van der Waals surface area contributed by atoms with Gasteiger partial charge in [0.15, 0.2) is 0 Å². The minimum absolute atomic E-state index is 0.224. The maximum absolute atomic E-state index is 6.52. The van der Waals surface area contributed by atoms with E-state index in [4.69, 9.17) is 5.73 Å². The Hall–Kier alpha value is -0.820. The van der Waals surface area contributed by atoms with Crippen molar-refractivity contribution in [2.75, 3.05) is 0 Å². The molecule has 1 fully saturated rings. The average Bonchev–Trinajstić information content (AvgIpc) is 2.46. The van der Waals surface area contributed by atoms with Crippen molar-refractivity contribution >= 4 is 0 Å². The van der Waals surface area contributed by atoms with Gasteiger partial charge >= 0.3 is 0 Å². The number of hydrogen-bond donors (Lipinski definition) is 1. The van der Waals surface area contributed by atoms with Gasteiger partial charge < -0.3 is 5.73 Å². The van der Waals surface area contributed by atoms with Crippen LogP contribution in [0.3, 0.4) is 0 Å². The van der Waals surface area contributed by atoms with Gasteiger partial charge in [-0.15, -0.1) is 0 Å². The van der Waals surface area contributed by atoms with Crippen molar-refractivity contribution in [1.82, 2.24) is 0 Å². The number of benzene rings is 1. The van der Waals surface area contributed by atoms with E-state index in [0.29, 0.717) is 5.92 Å². The molecule has 1 aromatic rings. The van der Waals surface area contributed by atoms with Crippen molar-refractivity contribution in [3.05, 3.63) is 35.4 Å². The lowest BCUT2D eigenvalue weighted by Crippen LogP contribution is -2.26. The summed E-state index contributed by atoms with van der Waals surface area (Å²) in [7, 11) is 0. The largest absolute Gasteiger partial charge is 0.324 e. The standard InChI is InChI=1S/C19H31N/c1-5-14-6-8-15(9-7-14)18(20)16-10-12-17(13-11-16)19(2,3)4/h10-15,18H,5-9,20H2,1-4H3. The lowest BCUT2D eigenvalue weighted by Gasteiger charge is -2.32. The van der Waals surface area contributed by atoms with Gasteiger partial charge in [-0.25, -0.2) is 0 Å². The summed E-state index contributed by atoms with van der Waals surface area (Å²) in [6.45, 7) is 9.09. The molecule has 2 rings (SSSR count). The summed E-state index contributed by atoms with van der Waals surface area (Å²) in [5.41, 5.74) is 9.45. The summed E-state index contributed by atoms with van der Waals surface area (Å²) in [6.07, 6.45) is 6.69. The molecule has 0 aromatic heterocycles. The Kier molecular flexibility index (Phi) is 4.90. The molecule has 2 N–H and O–H groups in total. The van der Waals surface area contributed by atoms with Crippen LogP contribution in [0, 0.1) is 11.8 Å². The molecule has 1 heteroatoms. The molecule has 1 aromatic carbocycles. The summed E-state index contributed by atoms with van der Waals surface area (Å²) in [5.74, 6) is 1.63. The van der Waals surface area contributed by atoms with Crippen molar-refractivity contribution in [2.24, 2.45) is 17.6 Å². The van der Waals surface area contributed by atoms with E-state index >= 15 is 0 Å². The van der Waals surface area contributed by atoms with Crippen LogP contribution in [0.4, 0.5) is 0 Å². The normalized spacial score (nSPS) is 25.4. The highest BCUT2D eigenvalue weighted by molar-refractivity contribution is 5.29. The van der Waals surface area contributed by atoms with Crippen LogP contribution >= 0.6 is 0 Å². The van der Waals surface area contributed by atoms with Gasteiger partial charge in [0.1, 0.15) is 0 Å². The lowest BCUT2D eigenvalue weighted by atomic mass is 9.76. The molecule has 1 atom stereocenters. The molecule has 1 aliphatic carbocycles. The van der Waals surface area contributed by atoms with Gasteiger partial charge in [0, 0.05) is 6.04 Å². The zero-order valence-electron chi connectivity index (χ0n) is 13.7. The second-order valence-electron chi connectivity index (χ2n) is 7.59. The maximum Gasteiger partial charge on any atom is 0.0323 e. The van der Waals surface area contributed by atoms with Crippen molar-refractivity contribution in [1.29, 1.82) is 0 Å². The number of rotatable bonds is 3. The van der Waals surface area contributed by atoms with E-state index in [-0.39, 0.29) is 11.5 Å². The van der Waals surface area contributed by atoms with Crippen LogP contribution in [-0.2, 0) is 5.41 Å². The first-order valence-corrected chi connectivity index (χ1v) is 8.28. The molecule has 0 saturated heterocycles. The highest BCUT2D eigenvalue weighted by Gasteiger charge is 2.25. The van der Waals surface area contributed by atoms with E-state index in [1.807, 2.05) is 0 Å². The molecule has 0 amide bonds. The molecule has 0 spiro atoms. The van der Waals surface area contributed by atoms with Gasteiger partial charge in [-0.1, -0.05) is 71.2 Å². The predicted molar refractivity (Wildman–Crippen MR) is 87.8 cm³/mol. The molecule has 1 saturated carbocycles. The van der Waals surface area contributed by atoms with Crippen LogP contribution in [0.1, 0.15) is 77.0 Å². The number of hydrogen-bond acceptors (Lipinski definition) is 1. The first-order valence-electron chi connectivity index (χ1n) is 8.28. The first kappa shape index (κ1) is 15.6. The fraction of sp³-hybridized carbons (Fsp3) is 0.684. The monoisotopic (exact) mass is 273 g/mol. The van der Waals surface area contributed by atoms with E-state index in [1.54, 1.807) is 0 Å². The topological polar surface area (TPSA) is 26.0 Å². The Labute approximate surface area is 125 Å². The van der Waals surface area contributed by atoms with Gasteiger partial charge in [0.2, 0.25) is 0 Å². The molecule has 0 aliphatic heterocycles. The average molecular weight is 273 g/mol. The fourth-order valence-electron chi connectivity index (χ4n) is 3.43. The van der Waals surface area contributed by atoms with Gasteiger partial charge in [-0.05, 0) is 41.2 Å². The third-order valence-electron chi connectivity index (χ3n) is 5.14. The molecule has 1 unspecified atom stereocenters. The zero-order valence-corrected chi connectivity index (χ0v) is 13.7. The maximum atomic E-state index is 6.52. The van der Waals surface area contributed by atoms with Gasteiger partial charge in [0.05, 0.1) is 0 Å². The van der Waals surface area contributed by atoms with E-state index in [9.17, 15) is 0 Å². The Morgan fingerprint density at radius 3 is 2.05 bits per heavy atom. The Balaban J connectivity index is 2.01. The van der Waals surface area contributed by atoms with Gasteiger partial charge in [0.25, 0.3) is 0 Å². The summed E-state index contributed by atoms with van der Waals surface area (Å²) in [6, 6.07) is 9.23. The summed E-state index contributed by atoms with van der Waals surface area (Å²) in [4.78, 5) is 0. The molecule has 1 aliphatic rings. The molecule has 0 heterocycles. The molecule has 112 valence electrons. The fourth-order valence-corrected chi connectivity index (χ4v) is 3.43.